The Labute approximate surface area is 106 Å². The van der Waals surface area contributed by atoms with E-state index >= 15 is 0 Å². The van der Waals surface area contributed by atoms with Crippen molar-refractivity contribution >= 4 is 22.9 Å². The molecule has 0 aliphatic heterocycles. The quantitative estimate of drug-likeness (QED) is 0.930. The van der Waals surface area contributed by atoms with Crippen LogP contribution in [0, 0.1) is 12.7 Å². The van der Waals surface area contributed by atoms with Gasteiger partial charge in [-0.2, -0.15) is 4.98 Å². The molecule has 3 nitrogen and oxygen atoms in total. The van der Waals surface area contributed by atoms with Crippen molar-refractivity contribution in [3.05, 3.63) is 39.6 Å². The molecule has 1 aromatic carbocycles. The van der Waals surface area contributed by atoms with Crippen LogP contribution in [0.2, 0.25) is 5.15 Å². The zero-order valence-corrected chi connectivity index (χ0v) is 10.5. The summed E-state index contributed by atoms with van der Waals surface area (Å²) in [6, 6.07) is 4.41. The topological polar surface area (TPSA) is 42.4 Å². The average Bonchev–Trinajstić information content (AvgIpc) is 2.64. The zero-order chi connectivity index (χ0) is 12.4. The molecule has 90 valence electrons. The Hall–Kier alpha value is -1.17. The molecule has 0 unspecified atom stereocenters. The third-order valence-electron chi connectivity index (χ3n) is 2.11. The van der Waals surface area contributed by atoms with Crippen LogP contribution < -0.4 is 4.74 Å². The molecule has 2 aromatic rings. The van der Waals surface area contributed by atoms with Crippen LogP contribution >= 0.6 is 22.9 Å². The molecule has 0 aliphatic rings. The number of halogens is 2. The molecule has 0 atom stereocenters. The lowest BCUT2D eigenvalue weighted by molar-refractivity contribution is 0.285. The van der Waals surface area contributed by atoms with Gasteiger partial charge in [0.25, 0.3) is 5.19 Å². The van der Waals surface area contributed by atoms with E-state index in [9.17, 15) is 4.39 Å². The summed E-state index contributed by atoms with van der Waals surface area (Å²) >= 11 is 6.92. The molecular formula is C11H9ClFNO2S. The Morgan fingerprint density at radius 1 is 1.53 bits per heavy atom. The number of ether oxygens (including phenoxy) is 1. The van der Waals surface area contributed by atoms with Gasteiger partial charge in [0.15, 0.2) is 0 Å². The van der Waals surface area contributed by atoms with Crippen molar-refractivity contribution in [2.24, 2.45) is 0 Å². The normalized spacial score (nSPS) is 10.6. The highest BCUT2D eigenvalue weighted by atomic mass is 35.5. The lowest BCUT2D eigenvalue weighted by Crippen LogP contribution is -1.86. The highest BCUT2D eigenvalue weighted by molar-refractivity contribution is 7.13. The number of benzene rings is 1. The van der Waals surface area contributed by atoms with Gasteiger partial charge in [-0.25, -0.2) is 4.39 Å². The maximum absolute atomic E-state index is 13.0. The standard InChI is InChI=1S/C11H9ClFNO2S/c1-6-4-7(2-3-8(6)13)16-11-14-10(12)9(5-15)17-11/h2-4,15H,5H2,1H3. The molecule has 0 saturated heterocycles. The summed E-state index contributed by atoms with van der Waals surface area (Å²) in [5, 5.41) is 9.51. The van der Waals surface area contributed by atoms with Gasteiger partial charge in [-0.15, -0.1) is 0 Å². The molecule has 6 heteroatoms. The summed E-state index contributed by atoms with van der Waals surface area (Å²) < 4.78 is 18.5. The highest BCUT2D eigenvalue weighted by Crippen LogP contribution is 2.32. The van der Waals surface area contributed by atoms with Crippen LogP contribution in [0.25, 0.3) is 0 Å². The van der Waals surface area contributed by atoms with Gasteiger partial charge in [0.05, 0.1) is 11.5 Å². The summed E-state index contributed by atoms with van der Waals surface area (Å²) in [6.45, 7) is 1.47. The van der Waals surface area contributed by atoms with Gasteiger partial charge >= 0.3 is 0 Å². The molecule has 0 spiro atoms. The van der Waals surface area contributed by atoms with Crippen molar-refractivity contribution in [1.82, 2.24) is 4.98 Å². The molecule has 0 radical (unpaired) electrons. The Morgan fingerprint density at radius 2 is 2.29 bits per heavy atom. The number of hydrogen-bond donors (Lipinski definition) is 1. The average molecular weight is 274 g/mol. The minimum absolute atomic E-state index is 0.178. The van der Waals surface area contributed by atoms with Crippen LogP contribution in [0.3, 0.4) is 0 Å². The van der Waals surface area contributed by atoms with Gasteiger partial charge in [-0.3, -0.25) is 0 Å². The largest absolute Gasteiger partial charge is 0.431 e. The number of hydrogen-bond acceptors (Lipinski definition) is 4. The molecule has 0 aliphatic carbocycles. The number of rotatable bonds is 3. The maximum atomic E-state index is 13.0. The summed E-state index contributed by atoms with van der Waals surface area (Å²) in [6.07, 6.45) is 0. The van der Waals surface area contributed by atoms with Crippen LogP contribution in [-0.2, 0) is 6.61 Å². The predicted molar refractivity (Wildman–Crippen MR) is 64.3 cm³/mol. The van der Waals surface area contributed by atoms with E-state index < -0.39 is 0 Å². The molecule has 0 bridgehead atoms. The zero-order valence-electron chi connectivity index (χ0n) is 8.91. The lowest BCUT2D eigenvalue weighted by Gasteiger charge is -2.02. The second-order valence-corrected chi connectivity index (χ2v) is 4.77. The van der Waals surface area contributed by atoms with Crippen LogP contribution in [0.1, 0.15) is 10.4 Å². The molecule has 1 N–H and O–H groups in total. The molecule has 0 fully saturated rings. The number of thiazole rings is 1. The van der Waals surface area contributed by atoms with E-state index in [0.717, 1.165) is 11.3 Å². The first-order valence-corrected chi connectivity index (χ1v) is 5.99. The molecule has 0 saturated carbocycles. The van der Waals surface area contributed by atoms with Gasteiger partial charge in [0, 0.05) is 0 Å². The summed E-state index contributed by atoms with van der Waals surface area (Å²) in [4.78, 5) is 4.48. The number of nitrogens with zero attached hydrogens (tertiary/aromatic N) is 1. The van der Waals surface area contributed by atoms with E-state index in [2.05, 4.69) is 4.98 Å². The van der Waals surface area contributed by atoms with Crippen molar-refractivity contribution in [1.29, 1.82) is 0 Å². The van der Waals surface area contributed by atoms with Crippen LogP contribution in [0.5, 0.6) is 10.9 Å². The van der Waals surface area contributed by atoms with Crippen LogP contribution in [0.15, 0.2) is 18.2 Å². The van der Waals surface area contributed by atoms with E-state index in [0.29, 0.717) is 21.4 Å². The Kier molecular flexibility index (Phi) is 3.61. The monoisotopic (exact) mass is 273 g/mol. The molecular weight excluding hydrogens is 265 g/mol. The Balaban J connectivity index is 2.22. The Bertz CT molecular complexity index is 544. The van der Waals surface area contributed by atoms with Crippen LogP contribution in [0.4, 0.5) is 4.39 Å². The van der Waals surface area contributed by atoms with E-state index in [4.69, 9.17) is 21.4 Å². The van der Waals surface area contributed by atoms with Crippen molar-refractivity contribution < 1.29 is 14.2 Å². The van der Waals surface area contributed by atoms with Crippen molar-refractivity contribution in [2.75, 3.05) is 0 Å². The first-order chi connectivity index (χ1) is 8.10. The summed E-state index contributed by atoms with van der Waals surface area (Å²) in [5.41, 5.74) is 0.493. The smallest absolute Gasteiger partial charge is 0.280 e. The van der Waals surface area contributed by atoms with Gasteiger partial charge < -0.3 is 9.84 Å². The molecule has 0 amide bonds. The van der Waals surface area contributed by atoms with E-state index in [1.165, 1.54) is 12.1 Å². The molecule has 1 heterocycles. The second-order valence-electron chi connectivity index (χ2n) is 3.36. The number of aromatic nitrogens is 1. The molecule has 17 heavy (non-hydrogen) atoms. The van der Waals surface area contributed by atoms with Gasteiger partial charge in [0.1, 0.15) is 16.7 Å². The highest BCUT2D eigenvalue weighted by Gasteiger charge is 2.10. The lowest BCUT2D eigenvalue weighted by atomic mass is 10.2. The van der Waals surface area contributed by atoms with Gasteiger partial charge in [-0.05, 0) is 30.7 Å². The fraction of sp³-hybridized carbons (Fsp3) is 0.182. The molecule has 2 rings (SSSR count). The fourth-order valence-electron chi connectivity index (χ4n) is 1.24. The number of aliphatic hydroxyl groups is 1. The van der Waals surface area contributed by atoms with E-state index in [1.54, 1.807) is 13.0 Å². The number of aliphatic hydroxyl groups excluding tert-OH is 1. The van der Waals surface area contributed by atoms with Crippen LogP contribution in [-0.4, -0.2) is 10.1 Å². The maximum Gasteiger partial charge on any atom is 0.280 e. The van der Waals surface area contributed by atoms with E-state index in [-0.39, 0.29) is 17.6 Å². The predicted octanol–water partition coefficient (Wildman–Crippen LogP) is 3.53. The fourth-order valence-corrected chi connectivity index (χ4v) is 2.22. The third kappa shape index (κ3) is 2.74. The Morgan fingerprint density at radius 3 is 2.88 bits per heavy atom. The van der Waals surface area contributed by atoms with Crippen molar-refractivity contribution in [3.63, 3.8) is 0 Å². The minimum atomic E-state index is -0.287. The summed E-state index contributed by atoms with van der Waals surface area (Å²) in [7, 11) is 0. The second kappa shape index (κ2) is 5.00. The number of aryl methyl sites for hydroxylation is 1. The SMILES string of the molecule is Cc1cc(Oc2nc(Cl)c(CO)s2)ccc1F. The van der Waals surface area contributed by atoms with E-state index in [1.807, 2.05) is 0 Å². The first kappa shape index (κ1) is 12.3. The van der Waals surface area contributed by atoms with Crippen molar-refractivity contribution in [2.45, 2.75) is 13.5 Å². The first-order valence-electron chi connectivity index (χ1n) is 4.80. The third-order valence-corrected chi connectivity index (χ3v) is 3.45. The molecule has 1 aromatic heterocycles. The van der Waals surface area contributed by atoms with Gasteiger partial charge in [0.2, 0.25) is 0 Å². The minimum Gasteiger partial charge on any atom is -0.431 e. The summed E-state index contributed by atoms with van der Waals surface area (Å²) in [5.74, 6) is 0.198. The van der Waals surface area contributed by atoms with Gasteiger partial charge in [-0.1, -0.05) is 22.9 Å². The van der Waals surface area contributed by atoms with Crippen molar-refractivity contribution in [3.8, 4) is 10.9 Å².